The van der Waals surface area contributed by atoms with Crippen LogP contribution in [0, 0.1) is 0 Å². The molecule has 0 bridgehead atoms. The lowest BCUT2D eigenvalue weighted by molar-refractivity contribution is 0.0335. The van der Waals surface area contributed by atoms with Gasteiger partial charge in [0.2, 0.25) is 0 Å². The zero-order chi connectivity index (χ0) is 19.6. The van der Waals surface area contributed by atoms with Crippen LogP contribution in [0.1, 0.15) is 17.9 Å². The summed E-state index contributed by atoms with van der Waals surface area (Å²) in [6, 6.07) is 7.87. The van der Waals surface area contributed by atoms with Crippen molar-refractivity contribution in [3.63, 3.8) is 0 Å². The molecule has 1 N–H and O–H groups in total. The molecule has 3 aliphatic rings. The number of hydroxylamine groups is 1. The van der Waals surface area contributed by atoms with Gasteiger partial charge in [-0.1, -0.05) is 29.8 Å². The lowest BCUT2D eigenvalue weighted by atomic mass is 10.1. The molecule has 0 aliphatic carbocycles. The molecule has 5 rings (SSSR count). The Hall–Kier alpha value is -2.45. The lowest BCUT2D eigenvalue weighted by Crippen LogP contribution is -2.36. The van der Waals surface area contributed by atoms with Crippen LogP contribution in [0.2, 0.25) is 5.02 Å². The number of hydrogen-bond donors (Lipinski definition) is 1. The summed E-state index contributed by atoms with van der Waals surface area (Å²) < 4.78 is 7.71. The summed E-state index contributed by atoms with van der Waals surface area (Å²) >= 11 is 6.11. The van der Waals surface area contributed by atoms with E-state index < -0.39 is 0 Å². The number of allylic oxidation sites excluding steroid dienone is 1. The molecule has 1 unspecified atom stereocenters. The van der Waals surface area contributed by atoms with Gasteiger partial charge in [0.15, 0.2) is 12.6 Å². The number of morpholine rings is 1. The second-order valence-electron chi connectivity index (χ2n) is 7.23. The van der Waals surface area contributed by atoms with E-state index in [1.807, 2.05) is 24.3 Å². The highest BCUT2D eigenvalue weighted by atomic mass is 35.5. The van der Waals surface area contributed by atoms with Gasteiger partial charge in [0.05, 0.1) is 24.6 Å². The molecular weight excluding hydrogens is 390 g/mol. The van der Waals surface area contributed by atoms with Crippen LogP contribution in [0.5, 0.6) is 0 Å². The minimum absolute atomic E-state index is 0.178. The van der Waals surface area contributed by atoms with E-state index in [1.54, 1.807) is 0 Å². The van der Waals surface area contributed by atoms with Gasteiger partial charge in [-0.2, -0.15) is 0 Å². The van der Waals surface area contributed by atoms with Gasteiger partial charge in [-0.05, 0) is 30.2 Å². The molecule has 3 aliphatic heterocycles. The topological polar surface area (TPSA) is 63.9 Å². The van der Waals surface area contributed by atoms with Crippen molar-refractivity contribution in [3.05, 3.63) is 52.5 Å². The average Bonchev–Trinajstić information content (AvgIpc) is 3.33. The van der Waals surface area contributed by atoms with E-state index in [1.165, 1.54) is 6.40 Å². The standard InChI is InChI=1S/C21H22ClN5O2/c22-17-6-4-15(5-7-17)20-18(13-26-8-10-28-11-9-26)27-12-16(21-23-14-29-25-21)2-1-3-19(27)24-20/h1,3-7,12,14,21,25H,2,8-11,13H2. The highest BCUT2D eigenvalue weighted by molar-refractivity contribution is 6.30. The first-order valence-electron chi connectivity index (χ1n) is 9.75. The number of aromatic nitrogens is 2. The predicted molar refractivity (Wildman–Crippen MR) is 113 cm³/mol. The van der Waals surface area contributed by atoms with Crippen LogP contribution in [0.3, 0.4) is 0 Å². The van der Waals surface area contributed by atoms with Gasteiger partial charge in [-0.25, -0.2) is 9.98 Å². The Balaban J connectivity index is 1.59. The average molecular weight is 412 g/mol. The van der Waals surface area contributed by atoms with Crippen LogP contribution >= 0.6 is 11.6 Å². The number of hydrogen-bond acceptors (Lipinski definition) is 6. The van der Waals surface area contributed by atoms with Crippen LogP contribution < -0.4 is 5.48 Å². The number of benzene rings is 1. The SMILES string of the molecule is Clc1ccc(-c2nc3n(c2CN2CCOCC2)C=C(C2N=CON2)CC=C3)cc1. The molecule has 4 heterocycles. The Morgan fingerprint density at radius 3 is 2.76 bits per heavy atom. The van der Waals surface area contributed by atoms with Crippen LogP contribution in [-0.4, -0.2) is 53.3 Å². The number of aliphatic imine (C=N–C) groups is 1. The second-order valence-corrected chi connectivity index (χ2v) is 7.67. The van der Waals surface area contributed by atoms with Gasteiger partial charge in [0, 0.05) is 36.4 Å². The van der Waals surface area contributed by atoms with Gasteiger partial charge >= 0.3 is 0 Å². The summed E-state index contributed by atoms with van der Waals surface area (Å²) in [6.07, 6.45) is 8.39. The van der Waals surface area contributed by atoms with E-state index in [-0.39, 0.29) is 6.17 Å². The number of rotatable bonds is 4. The van der Waals surface area contributed by atoms with Crippen LogP contribution in [0.15, 0.2) is 40.9 Å². The quantitative estimate of drug-likeness (QED) is 0.837. The third-order valence-electron chi connectivity index (χ3n) is 5.34. The van der Waals surface area contributed by atoms with Crippen molar-refractivity contribution in [2.24, 2.45) is 4.99 Å². The maximum Gasteiger partial charge on any atom is 0.198 e. The molecule has 0 spiro atoms. The van der Waals surface area contributed by atoms with E-state index >= 15 is 0 Å². The van der Waals surface area contributed by atoms with Gasteiger partial charge in [0.25, 0.3) is 0 Å². The number of halogens is 1. The van der Waals surface area contributed by atoms with E-state index in [0.29, 0.717) is 0 Å². The first-order valence-corrected chi connectivity index (χ1v) is 10.1. The van der Waals surface area contributed by atoms with Crippen molar-refractivity contribution in [2.45, 2.75) is 19.1 Å². The van der Waals surface area contributed by atoms with Gasteiger partial charge < -0.3 is 14.1 Å². The van der Waals surface area contributed by atoms with Gasteiger partial charge in [0.1, 0.15) is 5.82 Å². The van der Waals surface area contributed by atoms with Crippen molar-refractivity contribution >= 4 is 30.3 Å². The van der Waals surface area contributed by atoms with Crippen molar-refractivity contribution < 1.29 is 9.57 Å². The van der Waals surface area contributed by atoms with Crippen molar-refractivity contribution in [1.82, 2.24) is 19.9 Å². The third-order valence-corrected chi connectivity index (χ3v) is 5.59. The highest BCUT2D eigenvalue weighted by Crippen LogP contribution is 2.30. The molecule has 29 heavy (non-hydrogen) atoms. The molecule has 1 fully saturated rings. The first kappa shape index (κ1) is 18.6. The molecule has 8 heteroatoms. The van der Waals surface area contributed by atoms with Crippen molar-refractivity contribution in [3.8, 4) is 11.3 Å². The smallest absolute Gasteiger partial charge is 0.198 e. The zero-order valence-corrected chi connectivity index (χ0v) is 16.7. The fraction of sp³-hybridized carbons (Fsp3) is 0.333. The minimum Gasteiger partial charge on any atom is -0.394 e. The number of nitrogens with one attached hydrogen (secondary N) is 1. The molecule has 1 aromatic heterocycles. The van der Waals surface area contributed by atoms with Crippen molar-refractivity contribution in [2.75, 3.05) is 26.3 Å². The second kappa shape index (κ2) is 8.12. The zero-order valence-electron chi connectivity index (χ0n) is 15.9. The van der Waals surface area contributed by atoms with Gasteiger partial charge in [-0.15, -0.1) is 5.48 Å². The molecule has 7 nitrogen and oxygen atoms in total. The van der Waals surface area contributed by atoms with E-state index in [4.69, 9.17) is 26.2 Å². The molecule has 0 amide bonds. The lowest BCUT2D eigenvalue weighted by Gasteiger charge is -2.27. The molecule has 150 valence electrons. The largest absolute Gasteiger partial charge is 0.394 e. The van der Waals surface area contributed by atoms with E-state index in [2.05, 4.69) is 38.3 Å². The molecular formula is C21H22ClN5O2. The van der Waals surface area contributed by atoms with Crippen LogP contribution in [0.4, 0.5) is 0 Å². The number of ether oxygens (including phenoxy) is 1. The monoisotopic (exact) mass is 411 g/mol. The van der Waals surface area contributed by atoms with Crippen LogP contribution in [-0.2, 0) is 16.1 Å². The Morgan fingerprint density at radius 1 is 1.17 bits per heavy atom. The molecule has 2 aromatic rings. The van der Waals surface area contributed by atoms with E-state index in [9.17, 15) is 0 Å². The predicted octanol–water partition coefficient (Wildman–Crippen LogP) is 3.18. The molecule has 0 radical (unpaired) electrons. The summed E-state index contributed by atoms with van der Waals surface area (Å²) in [4.78, 5) is 16.9. The summed E-state index contributed by atoms with van der Waals surface area (Å²) in [6.45, 7) is 4.14. The first-order chi connectivity index (χ1) is 14.3. The third kappa shape index (κ3) is 3.86. The maximum absolute atomic E-state index is 6.11. The number of imidazole rings is 1. The molecule has 0 saturated carbocycles. The summed E-state index contributed by atoms with van der Waals surface area (Å²) in [7, 11) is 0. The molecule has 1 saturated heterocycles. The summed E-state index contributed by atoms with van der Waals surface area (Å²) in [5.74, 6) is 0.913. The fourth-order valence-corrected chi connectivity index (χ4v) is 3.92. The molecule has 1 aromatic carbocycles. The molecule has 1 atom stereocenters. The Kier molecular flexibility index (Phi) is 5.20. The van der Waals surface area contributed by atoms with Crippen LogP contribution in [0.25, 0.3) is 23.5 Å². The van der Waals surface area contributed by atoms with Gasteiger partial charge in [-0.3, -0.25) is 4.90 Å². The normalized spacial score (nSPS) is 21.6. The Labute approximate surface area is 174 Å². The van der Waals surface area contributed by atoms with Crippen molar-refractivity contribution in [1.29, 1.82) is 0 Å². The summed E-state index contributed by atoms with van der Waals surface area (Å²) in [5.41, 5.74) is 7.24. The van der Waals surface area contributed by atoms with E-state index in [0.717, 1.165) is 72.6 Å². The number of fused-ring (bicyclic) bond motifs is 1. The minimum atomic E-state index is -0.178. The maximum atomic E-state index is 6.11. The Morgan fingerprint density at radius 2 is 2.00 bits per heavy atom. The highest BCUT2D eigenvalue weighted by Gasteiger charge is 2.24. The number of nitrogens with zero attached hydrogens (tertiary/aromatic N) is 4. The Bertz CT molecular complexity index is 974. The summed E-state index contributed by atoms with van der Waals surface area (Å²) in [5, 5.41) is 0.719. The fourth-order valence-electron chi connectivity index (χ4n) is 3.80.